The fourth-order valence-corrected chi connectivity index (χ4v) is 2.86. The summed E-state index contributed by atoms with van der Waals surface area (Å²) < 4.78 is 13.2. The van der Waals surface area contributed by atoms with Crippen LogP contribution in [0.25, 0.3) is 0 Å². The molecule has 92 valence electrons. The van der Waals surface area contributed by atoms with E-state index in [1.807, 2.05) is 24.4 Å². The predicted molar refractivity (Wildman–Crippen MR) is 65.9 cm³/mol. The van der Waals surface area contributed by atoms with E-state index >= 15 is 0 Å². The maximum Gasteiger partial charge on any atom is 0.128 e. The fourth-order valence-electron chi connectivity index (χ4n) is 2.86. The van der Waals surface area contributed by atoms with Gasteiger partial charge in [0.15, 0.2) is 0 Å². The Morgan fingerprint density at radius 1 is 1.18 bits per heavy atom. The van der Waals surface area contributed by atoms with Crippen molar-refractivity contribution < 1.29 is 4.39 Å². The molecule has 0 bridgehead atoms. The summed E-state index contributed by atoms with van der Waals surface area (Å²) in [7, 11) is 0. The highest BCUT2D eigenvalue weighted by Crippen LogP contribution is 2.24. The zero-order chi connectivity index (χ0) is 11.7. The van der Waals surface area contributed by atoms with Gasteiger partial charge in [-0.25, -0.2) is 9.37 Å². The van der Waals surface area contributed by atoms with E-state index in [4.69, 9.17) is 0 Å². The molecule has 1 aromatic rings. The number of halogens is 1. The van der Waals surface area contributed by atoms with Crippen LogP contribution in [0.4, 0.5) is 10.2 Å². The summed E-state index contributed by atoms with van der Waals surface area (Å²) in [5.74, 6) is 1.05. The molecule has 17 heavy (non-hydrogen) atoms. The first-order valence-corrected chi connectivity index (χ1v) is 6.37. The van der Waals surface area contributed by atoms with Crippen LogP contribution < -0.4 is 4.90 Å². The van der Waals surface area contributed by atoms with Crippen molar-refractivity contribution in [3.63, 3.8) is 0 Å². The zero-order valence-corrected chi connectivity index (χ0v) is 9.93. The van der Waals surface area contributed by atoms with Gasteiger partial charge >= 0.3 is 0 Å². The molecule has 0 unspecified atom stereocenters. The lowest BCUT2D eigenvalue weighted by Gasteiger charge is -2.23. The van der Waals surface area contributed by atoms with Crippen molar-refractivity contribution in [1.82, 2.24) is 9.88 Å². The molecule has 0 N–H and O–H groups in total. The first-order valence-electron chi connectivity index (χ1n) is 6.37. The lowest BCUT2D eigenvalue weighted by atomic mass is 10.2. The second-order valence-corrected chi connectivity index (χ2v) is 4.96. The Morgan fingerprint density at radius 3 is 2.82 bits per heavy atom. The average molecular weight is 235 g/mol. The molecule has 3 rings (SSSR count). The summed E-state index contributed by atoms with van der Waals surface area (Å²) in [6, 6.07) is 6.51. The molecule has 0 amide bonds. The maximum absolute atomic E-state index is 13.2. The topological polar surface area (TPSA) is 19.4 Å². The number of anilines is 1. The Kier molecular flexibility index (Phi) is 2.97. The SMILES string of the molecule is F[C@@H]1CCN([C@@H]2CCN(c3ccccn3)C2)C1. The van der Waals surface area contributed by atoms with Crippen LogP contribution in [-0.2, 0) is 0 Å². The number of nitrogens with zero attached hydrogens (tertiary/aromatic N) is 3. The number of rotatable bonds is 2. The van der Waals surface area contributed by atoms with Gasteiger partial charge in [-0.3, -0.25) is 4.90 Å². The summed E-state index contributed by atoms with van der Waals surface area (Å²) in [6.45, 7) is 3.57. The van der Waals surface area contributed by atoms with E-state index in [9.17, 15) is 4.39 Å². The highest BCUT2D eigenvalue weighted by Gasteiger charge is 2.32. The molecule has 2 aliphatic rings. The summed E-state index contributed by atoms with van der Waals surface area (Å²) >= 11 is 0. The number of likely N-dealkylation sites (tertiary alicyclic amines) is 1. The molecule has 0 spiro atoms. The zero-order valence-electron chi connectivity index (χ0n) is 9.93. The van der Waals surface area contributed by atoms with Crippen LogP contribution in [0.1, 0.15) is 12.8 Å². The molecule has 4 heteroatoms. The minimum absolute atomic E-state index is 0.512. The molecule has 0 radical (unpaired) electrons. The standard InChI is InChI=1S/C13H18FN3/c14-11-4-7-16(9-11)12-5-8-17(10-12)13-3-1-2-6-15-13/h1-3,6,11-12H,4-5,7-10H2/t11-,12-/m1/s1. The van der Waals surface area contributed by atoms with Crippen molar-refractivity contribution in [2.24, 2.45) is 0 Å². The molecule has 3 heterocycles. The quantitative estimate of drug-likeness (QED) is 0.778. The summed E-state index contributed by atoms with van der Waals surface area (Å²) in [4.78, 5) is 8.97. The van der Waals surface area contributed by atoms with Crippen LogP contribution in [0.5, 0.6) is 0 Å². The van der Waals surface area contributed by atoms with Crippen LogP contribution in [0.3, 0.4) is 0 Å². The third-order valence-corrected chi connectivity index (χ3v) is 3.82. The van der Waals surface area contributed by atoms with Gasteiger partial charge in [0.05, 0.1) is 0 Å². The van der Waals surface area contributed by atoms with Crippen molar-refractivity contribution >= 4 is 5.82 Å². The predicted octanol–water partition coefficient (Wildman–Crippen LogP) is 1.70. The normalized spacial score (nSPS) is 30.1. The average Bonchev–Trinajstić information content (AvgIpc) is 2.98. The Morgan fingerprint density at radius 2 is 2.12 bits per heavy atom. The molecular formula is C13H18FN3. The highest BCUT2D eigenvalue weighted by molar-refractivity contribution is 5.39. The molecule has 1 aromatic heterocycles. The Balaban J connectivity index is 1.62. The first kappa shape index (κ1) is 11.0. The molecule has 3 nitrogen and oxygen atoms in total. The Labute approximate surface area is 101 Å². The van der Waals surface area contributed by atoms with E-state index in [0.717, 1.165) is 31.9 Å². The first-order chi connectivity index (χ1) is 8.33. The van der Waals surface area contributed by atoms with Gasteiger partial charge in [0.25, 0.3) is 0 Å². The number of hydrogen-bond acceptors (Lipinski definition) is 3. The van der Waals surface area contributed by atoms with E-state index in [2.05, 4.69) is 14.8 Å². The van der Waals surface area contributed by atoms with Gasteiger partial charge in [-0.1, -0.05) is 6.07 Å². The van der Waals surface area contributed by atoms with Crippen LogP contribution in [0.15, 0.2) is 24.4 Å². The van der Waals surface area contributed by atoms with E-state index in [-0.39, 0.29) is 0 Å². The molecule has 0 aromatic carbocycles. The van der Waals surface area contributed by atoms with Gasteiger partial charge in [0.1, 0.15) is 12.0 Å². The fraction of sp³-hybridized carbons (Fsp3) is 0.615. The van der Waals surface area contributed by atoms with E-state index in [1.54, 1.807) is 0 Å². The van der Waals surface area contributed by atoms with Gasteiger partial charge in [-0.05, 0) is 25.0 Å². The summed E-state index contributed by atoms with van der Waals surface area (Å²) in [5, 5.41) is 0. The minimum atomic E-state index is -0.612. The van der Waals surface area contributed by atoms with Crippen molar-refractivity contribution in [1.29, 1.82) is 0 Å². The molecule has 0 saturated carbocycles. The van der Waals surface area contributed by atoms with Crippen LogP contribution in [0.2, 0.25) is 0 Å². The molecule has 0 aliphatic carbocycles. The third kappa shape index (κ3) is 2.27. The van der Waals surface area contributed by atoms with Crippen LogP contribution in [0, 0.1) is 0 Å². The van der Waals surface area contributed by atoms with Crippen molar-refractivity contribution in [3.05, 3.63) is 24.4 Å². The Bertz CT molecular complexity index is 370. The number of hydrogen-bond donors (Lipinski definition) is 0. The minimum Gasteiger partial charge on any atom is -0.355 e. The van der Waals surface area contributed by atoms with Crippen LogP contribution in [-0.4, -0.2) is 48.3 Å². The summed E-state index contributed by atoms with van der Waals surface area (Å²) in [5.41, 5.74) is 0. The maximum atomic E-state index is 13.2. The number of alkyl halides is 1. The highest BCUT2D eigenvalue weighted by atomic mass is 19.1. The van der Waals surface area contributed by atoms with E-state index in [1.165, 1.54) is 0 Å². The van der Waals surface area contributed by atoms with E-state index < -0.39 is 6.17 Å². The van der Waals surface area contributed by atoms with Gasteiger partial charge in [-0.2, -0.15) is 0 Å². The molecule has 2 fully saturated rings. The molecule has 2 atom stereocenters. The van der Waals surface area contributed by atoms with Gasteiger partial charge in [0.2, 0.25) is 0 Å². The van der Waals surface area contributed by atoms with Gasteiger partial charge < -0.3 is 4.90 Å². The largest absolute Gasteiger partial charge is 0.355 e. The molecule has 2 aliphatic heterocycles. The van der Waals surface area contributed by atoms with Crippen LogP contribution >= 0.6 is 0 Å². The van der Waals surface area contributed by atoms with Crippen molar-refractivity contribution in [3.8, 4) is 0 Å². The van der Waals surface area contributed by atoms with Crippen molar-refractivity contribution in [2.75, 3.05) is 31.1 Å². The third-order valence-electron chi connectivity index (χ3n) is 3.82. The summed E-state index contributed by atoms with van der Waals surface area (Å²) in [6.07, 6.45) is 3.05. The smallest absolute Gasteiger partial charge is 0.128 e. The number of aromatic nitrogens is 1. The lowest BCUT2D eigenvalue weighted by Crippen LogP contribution is -2.36. The molecule has 2 saturated heterocycles. The second-order valence-electron chi connectivity index (χ2n) is 4.96. The van der Waals surface area contributed by atoms with E-state index in [0.29, 0.717) is 19.0 Å². The van der Waals surface area contributed by atoms with Crippen molar-refractivity contribution in [2.45, 2.75) is 25.1 Å². The monoisotopic (exact) mass is 235 g/mol. The van der Waals surface area contributed by atoms with Gasteiger partial charge in [0, 0.05) is 38.4 Å². The van der Waals surface area contributed by atoms with Gasteiger partial charge in [-0.15, -0.1) is 0 Å². The second kappa shape index (κ2) is 4.61. The molecular weight excluding hydrogens is 217 g/mol. The number of pyridine rings is 1. The Hall–Kier alpha value is -1.16. The lowest BCUT2D eigenvalue weighted by molar-refractivity contribution is 0.234.